The van der Waals surface area contributed by atoms with Gasteiger partial charge in [-0.25, -0.2) is 8.78 Å². The van der Waals surface area contributed by atoms with E-state index in [2.05, 4.69) is 0 Å². The summed E-state index contributed by atoms with van der Waals surface area (Å²) in [6.45, 7) is 3.73. The number of hydrogen-bond donors (Lipinski definition) is 1. The molecule has 0 amide bonds. The molecular weight excluding hydrogens is 252 g/mol. The standard InChI is InChI=1S/C14H19F2NO2/c1-3-14(9-17,13(18)19-4-2)8-10-6-5-7-11(15)12(10)16/h5-7H,3-4,8-9,17H2,1-2H3. The van der Waals surface area contributed by atoms with Crippen LogP contribution in [0.3, 0.4) is 0 Å². The summed E-state index contributed by atoms with van der Waals surface area (Å²) in [5, 5.41) is 0. The summed E-state index contributed by atoms with van der Waals surface area (Å²) in [6, 6.07) is 3.91. The zero-order valence-electron chi connectivity index (χ0n) is 11.2. The number of hydrogen-bond acceptors (Lipinski definition) is 3. The van der Waals surface area contributed by atoms with Gasteiger partial charge in [-0.15, -0.1) is 0 Å². The normalized spacial score (nSPS) is 13.9. The second kappa shape index (κ2) is 6.61. The van der Waals surface area contributed by atoms with E-state index in [9.17, 15) is 13.6 Å². The van der Waals surface area contributed by atoms with Crippen LogP contribution in [-0.2, 0) is 16.0 Å². The fraction of sp³-hybridized carbons (Fsp3) is 0.500. The van der Waals surface area contributed by atoms with E-state index in [4.69, 9.17) is 10.5 Å². The lowest BCUT2D eigenvalue weighted by molar-refractivity contribution is -0.155. The maximum absolute atomic E-state index is 13.7. The van der Waals surface area contributed by atoms with E-state index in [0.29, 0.717) is 6.42 Å². The van der Waals surface area contributed by atoms with E-state index in [-0.39, 0.29) is 25.1 Å². The Morgan fingerprint density at radius 1 is 1.37 bits per heavy atom. The second-order valence-electron chi connectivity index (χ2n) is 4.45. The van der Waals surface area contributed by atoms with E-state index in [1.54, 1.807) is 13.8 Å². The van der Waals surface area contributed by atoms with Crippen LogP contribution in [0.2, 0.25) is 0 Å². The number of carbonyl (C=O) groups is 1. The molecule has 0 aliphatic carbocycles. The summed E-state index contributed by atoms with van der Waals surface area (Å²) >= 11 is 0. The first-order valence-corrected chi connectivity index (χ1v) is 6.31. The molecule has 5 heteroatoms. The first kappa shape index (κ1) is 15.6. The molecule has 0 aliphatic rings. The quantitative estimate of drug-likeness (QED) is 0.808. The Kier molecular flexibility index (Phi) is 5.42. The molecule has 1 rings (SSSR count). The van der Waals surface area contributed by atoms with Crippen molar-refractivity contribution in [1.29, 1.82) is 0 Å². The van der Waals surface area contributed by atoms with Gasteiger partial charge in [0.1, 0.15) is 0 Å². The van der Waals surface area contributed by atoms with Gasteiger partial charge in [-0.05, 0) is 31.4 Å². The topological polar surface area (TPSA) is 52.3 Å². The molecule has 0 bridgehead atoms. The van der Waals surface area contributed by atoms with Crippen LogP contribution in [-0.4, -0.2) is 19.1 Å². The summed E-state index contributed by atoms with van der Waals surface area (Å²) in [5.41, 5.74) is 4.80. The van der Waals surface area contributed by atoms with E-state index in [1.165, 1.54) is 12.1 Å². The Bertz CT molecular complexity index is 445. The Balaban J connectivity index is 3.08. The number of benzene rings is 1. The zero-order valence-corrected chi connectivity index (χ0v) is 11.2. The second-order valence-corrected chi connectivity index (χ2v) is 4.45. The highest BCUT2D eigenvalue weighted by Gasteiger charge is 2.38. The molecule has 1 aromatic rings. The maximum Gasteiger partial charge on any atom is 0.313 e. The molecule has 19 heavy (non-hydrogen) atoms. The third-order valence-electron chi connectivity index (χ3n) is 3.34. The number of rotatable bonds is 6. The van der Waals surface area contributed by atoms with Crippen molar-refractivity contribution in [3.63, 3.8) is 0 Å². The Labute approximate surface area is 111 Å². The minimum Gasteiger partial charge on any atom is -0.466 e. The number of esters is 1. The summed E-state index contributed by atoms with van der Waals surface area (Å²) in [7, 11) is 0. The molecule has 1 aromatic carbocycles. The molecule has 0 fully saturated rings. The number of carbonyl (C=O) groups excluding carboxylic acids is 1. The van der Waals surface area contributed by atoms with Crippen molar-refractivity contribution >= 4 is 5.97 Å². The van der Waals surface area contributed by atoms with Crippen LogP contribution in [0.5, 0.6) is 0 Å². The number of ether oxygens (including phenoxy) is 1. The lowest BCUT2D eigenvalue weighted by Gasteiger charge is -2.29. The van der Waals surface area contributed by atoms with Crippen molar-refractivity contribution in [3.8, 4) is 0 Å². The molecule has 106 valence electrons. The molecule has 0 aliphatic heterocycles. The molecule has 0 saturated carbocycles. The van der Waals surface area contributed by atoms with Gasteiger partial charge < -0.3 is 10.5 Å². The van der Waals surface area contributed by atoms with Crippen LogP contribution in [0.1, 0.15) is 25.8 Å². The minimum atomic E-state index is -1.01. The first-order chi connectivity index (χ1) is 9.00. The monoisotopic (exact) mass is 271 g/mol. The maximum atomic E-state index is 13.7. The average Bonchev–Trinajstić information content (AvgIpc) is 2.41. The molecule has 1 unspecified atom stereocenters. The van der Waals surface area contributed by atoms with E-state index in [1.807, 2.05) is 0 Å². The molecule has 2 N–H and O–H groups in total. The fourth-order valence-electron chi connectivity index (χ4n) is 1.98. The van der Waals surface area contributed by atoms with Gasteiger partial charge in [-0.2, -0.15) is 0 Å². The van der Waals surface area contributed by atoms with Gasteiger partial charge in [-0.3, -0.25) is 4.79 Å². The van der Waals surface area contributed by atoms with Gasteiger partial charge >= 0.3 is 5.97 Å². The summed E-state index contributed by atoms with van der Waals surface area (Å²) in [4.78, 5) is 12.0. The lowest BCUT2D eigenvalue weighted by Crippen LogP contribution is -2.41. The third-order valence-corrected chi connectivity index (χ3v) is 3.34. The largest absolute Gasteiger partial charge is 0.466 e. The van der Waals surface area contributed by atoms with E-state index < -0.39 is 23.0 Å². The van der Waals surface area contributed by atoms with Crippen LogP contribution in [0.4, 0.5) is 8.78 Å². The summed E-state index contributed by atoms with van der Waals surface area (Å²) in [6.07, 6.45) is 0.431. The number of halogens is 2. The highest BCUT2D eigenvalue weighted by molar-refractivity contribution is 5.77. The first-order valence-electron chi connectivity index (χ1n) is 6.31. The molecule has 0 heterocycles. The van der Waals surface area contributed by atoms with E-state index >= 15 is 0 Å². The number of nitrogens with two attached hydrogens (primary N) is 1. The zero-order chi connectivity index (χ0) is 14.5. The third kappa shape index (κ3) is 3.29. The fourth-order valence-corrected chi connectivity index (χ4v) is 1.98. The van der Waals surface area contributed by atoms with Crippen LogP contribution < -0.4 is 5.73 Å². The summed E-state index contributed by atoms with van der Waals surface area (Å²) < 4.78 is 31.9. The Hall–Kier alpha value is -1.49. The van der Waals surface area contributed by atoms with Crippen LogP contribution in [0.25, 0.3) is 0 Å². The van der Waals surface area contributed by atoms with E-state index in [0.717, 1.165) is 6.07 Å². The van der Waals surface area contributed by atoms with Crippen molar-refractivity contribution in [1.82, 2.24) is 0 Å². The minimum absolute atomic E-state index is 0.0261. The van der Waals surface area contributed by atoms with Crippen molar-refractivity contribution in [2.75, 3.05) is 13.2 Å². The highest BCUT2D eigenvalue weighted by Crippen LogP contribution is 2.29. The van der Waals surface area contributed by atoms with Crippen LogP contribution in [0, 0.1) is 17.0 Å². The Morgan fingerprint density at radius 2 is 2.05 bits per heavy atom. The molecular formula is C14H19F2NO2. The molecule has 0 aromatic heterocycles. The highest BCUT2D eigenvalue weighted by atomic mass is 19.2. The molecule has 0 spiro atoms. The van der Waals surface area contributed by atoms with Gasteiger partial charge in [0.25, 0.3) is 0 Å². The van der Waals surface area contributed by atoms with Gasteiger partial charge in [0.05, 0.1) is 12.0 Å². The van der Waals surface area contributed by atoms with Crippen molar-refractivity contribution in [2.24, 2.45) is 11.1 Å². The van der Waals surface area contributed by atoms with Crippen LogP contribution in [0.15, 0.2) is 18.2 Å². The smallest absolute Gasteiger partial charge is 0.313 e. The Morgan fingerprint density at radius 3 is 2.58 bits per heavy atom. The van der Waals surface area contributed by atoms with Gasteiger partial charge in [0.2, 0.25) is 0 Å². The SMILES string of the molecule is CCOC(=O)C(CC)(CN)Cc1cccc(F)c1F. The van der Waals surface area contributed by atoms with Gasteiger partial charge in [-0.1, -0.05) is 19.1 Å². The summed E-state index contributed by atoms with van der Waals surface area (Å²) in [5.74, 6) is -2.33. The average molecular weight is 271 g/mol. The van der Waals surface area contributed by atoms with Crippen LogP contribution >= 0.6 is 0 Å². The molecule has 0 saturated heterocycles. The molecule has 3 nitrogen and oxygen atoms in total. The predicted octanol–water partition coefficient (Wildman–Crippen LogP) is 2.43. The van der Waals surface area contributed by atoms with Gasteiger partial charge in [0.15, 0.2) is 11.6 Å². The predicted molar refractivity (Wildman–Crippen MR) is 68.5 cm³/mol. The van der Waals surface area contributed by atoms with Crippen molar-refractivity contribution < 1.29 is 18.3 Å². The molecule has 0 radical (unpaired) electrons. The molecule has 1 atom stereocenters. The van der Waals surface area contributed by atoms with Gasteiger partial charge in [0, 0.05) is 6.54 Å². The van der Waals surface area contributed by atoms with Crippen molar-refractivity contribution in [2.45, 2.75) is 26.7 Å². The lowest BCUT2D eigenvalue weighted by atomic mass is 9.79. The van der Waals surface area contributed by atoms with Crippen molar-refractivity contribution in [3.05, 3.63) is 35.4 Å².